The number of nitrogens with zero attached hydrogens (tertiary/aromatic N) is 2. The third-order valence-corrected chi connectivity index (χ3v) is 4.46. The van der Waals surface area contributed by atoms with Crippen molar-refractivity contribution in [2.24, 2.45) is 0 Å². The van der Waals surface area contributed by atoms with Gasteiger partial charge in [0, 0.05) is 16.2 Å². The van der Waals surface area contributed by atoms with Gasteiger partial charge in [-0.05, 0) is 36.4 Å². The molecule has 28 heavy (non-hydrogen) atoms. The van der Waals surface area contributed by atoms with E-state index in [1.807, 2.05) is 18.2 Å². The van der Waals surface area contributed by atoms with Gasteiger partial charge in [0.15, 0.2) is 6.61 Å². The Hall–Kier alpha value is -3.20. The Labute approximate surface area is 164 Å². The molecule has 9 heteroatoms. The van der Waals surface area contributed by atoms with E-state index < -0.39 is 18.5 Å². The first-order valence-corrected chi connectivity index (χ1v) is 9.31. The first kappa shape index (κ1) is 19.6. The van der Waals surface area contributed by atoms with Crippen LogP contribution in [-0.2, 0) is 14.3 Å². The first-order valence-electron chi connectivity index (χ1n) is 8.33. The van der Waals surface area contributed by atoms with E-state index in [4.69, 9.17) is 9.15 Å². The topological polar surface area (TPSA) is 94.3 Å². The molecule has 0 saturated heterocycles. The largest absolute Gasteiger partial charge is 0.456 e. The second-order valence-corrected chi connectivity index (χ2v) is 6.71. The minimum Gasteiger partial charge on any atom is -0.456 e. The molecule has 0 bridgehead atoms. The Morgan fingerprint density at radius 3 is 2.57 bits per heavy atom. The number of nitrogens with one attached hydrogen (secondary N) is 1. The summed E-state index contributed by atoms with van der Waals surface area (Å²) >= 11 is 1.39. The Morgan fingerprint density at radius 1 is 1.07 bits per heavy atom. The van der Waals surface area contributed by atoms with Crippen LogP contribution in [0.3, 0.4) is 0 Å². The van der Waals surface area contributed by atoms with Gasteiger partial charge in [0.2, 0.25) is 5.89 Å². The number of carbonyl (C=O) groups is 2. The molecule has 0 aliphatic rings. The van der Waals surface area contributed by atoms with Gasteiger partial charge in [-0.3, -0.25) is 14.9 Å². The van der Waals surface area contributed by atoms with Crippen molar-refractivity contribution in [2.45, 2.75) is 11.3 Å². The van der Waals surface area contributed by atoms with Gasteiger partial charge in [0.1, 0.15) is 5.82 Å². The molecule has 1 N–H and O–H groups in total. The van der Waals surface area contributed by atoms with Crippen molar-refractivity contribution in [1.29, 1.82) is 0 Å². The summed E-state index contributed by atoms with van der Waals surface area (Å²) in [5.41, 5.74) is 0.723. The summed E-state index contributed by atoms with van der Waals surface area (Å²) < 4.78 is 23.1. The van der Waals surface area contributed by atoms with Crippen molar-refractivity contribution in [2.75, 3.05) is 17.7 Å². The summed E-state index contributed by atoms with van der Waals surface area (Å²) in [5.74, 6) is -0.684. The number of anilines is 1. The van der Waals surface area contributed by atoms with Gasteiger partial charge in [-0.25, -0.2) is 4.39 Å². The third kappa shape index (κ3) is 5.92. The number of ether oxygens (including phenoxy) is 1. The molecular weight excluding hydrogens is 385 g/mol. The lowest BCUT2D eigenvalue weighted by Crippen LogP contribution is -2.21. The molecular formula is C19H16FN3O4S. The van der Waals surface area contributed by atoms with Gasteiger partial charge in [0.05, 0.1) is 6.42 Å². The number of benzene rings is 2. The van der Waals surface area contributed by atoms with E-state index in [1.165, 1.54) is 23.9 Å². The molecule has 7 nitrogen and oxygen atoms in total. The standard InChI is InChI=1S/C19H16FN3O4S/c20-14-6-8-15(9-7-14)28-11-10-17(25)26-12-16(24)21-19-23-22-18(27-19)13-4-2-1-3-5-13/h1-9H,10-12H2,(H,21,23,24). The molecule has 0 unspecified atom stereocenters. The fourth-order valence-corrected chi connectivity index (χ4v) is 2.96. The third-order valence-electron chi connectivity index (χ3n) is 3.44. The molecule has 0 radical (unpaired) electrons. The molecule has 0 saturated carbocycles. The van der Waals surface area contributed by atoms with Crippen LogP contribution in [-0.4, -0.2) is 34.4 Å². The van der Waals surface area contributed by atoms with Crippen molar-refractivity contribution >= 4 is 29.7 Å². The minimum absolute atomic E-state index is 0.0771. The maximum atomic E-state index is 12.8. The summed E-state index contributed by atoms with van der Waals surface area (Å²) in [4.78, 5) is 24.4. The Balaban J connectivity index is 1.37. The van der Waals surface area contributed by atoms with Crippen LogP contribution >= 0.6 is 11.8 Å². The zero-order valence-electron chi connectivity index (χ0n) is 14.6. The number of rotatable bonds is 8. The summed E-state index contributed by atoms with van der Waals surface area (Å²) in [6.07, 6.45) is 0.119. The van der Waals surface area contributed by atoms with Crippen LogP contribution in [0.25, 0.3) is 11.5 Å². The minimum atomic E-state index is -0.581. The molecule has 0 fully saturated rings. The quantitative estimate of drug-likeness (QED) is 0.456. The summed E-state index contributed by atoms with van der Waals surface area (Å²) in [5, 5.41) is 9.95. The molecule has 3 rings (SSSR count). The lowest BCUT2D eigenvalue weighted by atomic mass is 10.2. The van der Waals surface area contributed by atoms with Gasteiger partial charge < -0.3 is 9.15 Å². The summed E-state index contributed by atoms with van der Waals surface area (Å²) in [7, 11) is 0. The van der Waals surface area contributed by atoms with Crippen molar-refractivity contribution in [3.63, 3.8) is 0 Å². The van der Waals surface area contributed by atoms with E-state index in [-0.39, 0.29) is 24.1 Å². The van der Waals surface area contributed by atoms with Crippen molar-refractivity contribution in [1.82, 2.24) is 10.2 Å². The molecule has 0 aliphatic heterocycles. The lowest BCUT2D eigenvalue weighted by molar-refractivity contribution is -0.146. The lowest BCUT2D eigenvalue weighted by Gasteiger charge is -2.04. The van der Waals surface area contributed by atoms with Crippen LogP contribution in [0.5, 0.6) is 0 Å². The molecule has 3 aromatic rings. The molecule has 144 valence electrons. The predicted octanol–water partition coefficient (Wildman–Crippen LogP) is 3.54. The molecule has 0 atom stereocenters. The van der Waals surface area contributed by atoms with Crippen LogP contribution < -0.4 is 5.32 Å². The zero-order chi connectivity index (χ0) is 19.8. The SMILES string of the molecule is O=C(COC(=O)CCSc1ccc(F)cc1)Nc1nnc(-c2ccccc2)o1. The van der Waals surface area contributed by atoms with Crippen LogP contribution in [0.4, 0.5) is 10.4 Å². The zero-order valence-corrected chi connectivity index (χ0v) is 15.4. The van der Waals surface area contributed by atoms with E-state index in [1.54, 1.807) is 24.3 Å². The van der Waals surface area contributed by atoms with E-state index in [0.29, 0.717) is 5.75 Å². The second-order valence-electron chi connectivity index (χ2n) is 5.54. The van der Waals surface area contributed by atoms with Gasteiger partial charge in [0.25, 0.3) is 5.91 Å². The van der Waals surface area contributed by atoms with E-state index in [0.717, 1.165) is 10.5 Å². The number of hydrogen-bond donors (Lipinski definition) is 1. The summed E-state index contributed by atoms with van der Waals surface area (Å²) in [6, 6.07) is 15.0. The molecule has 0 aliphatic carbocycles. The maximum Gasteiger partial charge on any atom is 0.322 e. The van der Waals surface area contributed by atoms with Crippen molar-refractivity contribution in [3.05, 3.63) is 60.4 Å². The highest BCUT2D eigenvalue weighted by Gasteiger charge is 2.13. The number of halogens is 1. The van der Waals surface area contributed by atoms with E-state index in [9.17, 15) is 14.0 Å². The summed E-state index contributed by atoms with van der Waals surface area (Å²) in [6.45, 7) is -0.455. The van der Waals surface area contributed by atoms with E-state index in [2.05, 4.69) is 15.5 Å². The number of amides is 1. The van der Waals surface area contributed by atoms with Crippen molar-refractivity contribution < 1.29 is 23.1 Å². The van der Waals surface area contributed by atoms with Crippen LogP contribution in [0.1, 0.15) is 6.42 Å². The maximum absolute atomic E-state index is 12.8. The predicted molar refractivity (Wildman–Crippen MR) is 101 cm³/mol. The first-order chi connectivity index (χ1) is 13.6. The van der Waals surface area contributed by atoms with Crippen LogP contribution in [0, 0.1) is 5.82 Å². The molecule has 2 aromatic carbocycles. The molecule has 1 aromatic heterocycles. The van der Waals surface area contributed by atoms with Crippen LogP contribution in [0.15, 0.2) is 63.9 Å². The second kappa shape index (κ2) is 9.65. The highest BCUT2D eigenvalue weighted by molar-refractivity contribution is 7.99. The number of esters is 1. The molecule has 1 amide bonds. The Bertz CT molecular complexity index is 932. The highest BCUT2D eigenvalue weighted by Crippen LogP contribution is 2.20. The fourth-order valence-electron chi connectivity index (χ4n) is 2.13. The van der Waals surface area contributed by atoms with Crippen LogP contribution in [0.2, 0.25) is 0 Å². The van der Waals surface area contributed by atoms with Crippen molar-refractivity contribution in [3.8, 4) is 11.5 Å². The average molecular weight is 401 g/mol. The highest BCUT2D eigenvalue weighted by atomic mass is 32.2. The van der Waals surface area contributed by atoms with Gasteiger partial charge in [-0.1, -0.05) is 23.3 Å². The molecule has 1 heterocycles. The fraction of sp³-hybridized carbons (Fsp3) is 0.158. The normalized spacial score (nSPS) is 10.5. The van der Waals surface area contributed by atoms with Gasteiger partial charge >= 0.3 is 12.0 Å². The number of aromatic nitrogens is 2. The smallest absolute Gasteiger partial charge is 0.322 e. The van der Waals surface area contributed by atoms with E-state index >= 15 is 0 Å². The Morgan fingerprint density at radius 2 is 1.82 bits per heavy atom. The number of thioether (sulfide) groups is 1. The van der Waals surface area contributed by atoms with Gasteiger partial charge in [-0.15, -0.1) is 16.9 Å². The average Bonchev–Trinajstić information content (AvgIpc) is 3.17. The Kier molecular flexibility index (Phi) is 6.74. The van der Waals surface area contributed by atoms with Gasteiger partial charge in [-0.2, -0.15) is 0 Å². The molecule has 0 spiro atoms. The monoisotopic (exact) mass is 401 g/mol. The number of hydrogen-bond acceptors (Lipinski definition) is 7. The number of carbonyl (C=O) groups excluding carboxylic acids is 2.